The van der Waals surface area contributed by atoms with E-state index >= 15 is 0 Å². The zero-order chi connectivity index (χ0) is 14.8. The van der Waals surface area contributed by atoms with Gasteiger partial charge in [0.15, 0.2) is 0 Å². The molecule has 3 nitrogen and oxygen atoms in total. The largest absolute Gasteiger partial charge is 0.384 e. The lowest BCUT2D eigenvalue weighted by Gasteiger charge is -2.32. The summed E-state index contributed by atoms with van der Waals surface area (Å²) in [6, 6.07) is 8.70. The van der Waals surface area contributed by atoms with Crippen molar-refractivity contribution in [2.75, 3.05) is 18.4 Å². The summed E-state index contributed by atoms with van der Waals surface area (Å²) in [6.45, 7) is 6.05. The zero-order valence-electron chi connectivity index (χ0n) is 13.1. The van der Waals surface area contributed by atoms with E-state index < -0.39 is 0 Å². The second-order valence-corrected chi connectivity index (χ2v) is 6.84. The Morgan fingerprint density at radius 3 is 2.71 bits per heavy atom. The number of rotatable bonds is 4. The molecule has 1 heterocycles. The zero-order valence-corrected chi connectivity index (χ0v) is 13.1. The molecule has 3 heteroatoms. The standard InChI is InChI=1S/C18H26N2O/c1-13(2)12-20(14-7-3-4-8-14)18(21)16-11-19-17-10-6-5-9-15(16)17/h5-6,9-10,13-14,16,19H,3-4,7-8,11-12H2,1-2H3. The van der Waals surface area contributed by atoms with Crippen molar-refractivity contribution < 1.29 is 4.79 Å². The van der Waals surface area contributed by atoms with E-state index in [0.29, 0.717) is 17.9 Å². The van der Waals surface area contributed by atoms with Crippen molar-refractivity contribution in [3.8, 4) is 0 Å². The second kappa shape index (κ2) is 6.08. The number of nitrogens with zero attached hydrogens (tertiary/aromatic N) is 1. The summed E-state index contributed by atoms with van der Waals surface area (Å²) in [5.74, 6) is 0.854. The predicted molar refractivity (Wildman–Crippen MR) is 86.5 cm³/mol. The summed E-state index contributed by atoms with van der Waals surface area (Å²) in [7, 11) is 0. The topological polar surface area (TPSA) is 32.3 Å². The lowest BCUT2D eigenvalue weighted by Crippen LogP contribution is -2.44. The van der Waals surface area contributed by atoms with Crippen LogP contribution in [0, 0.1) is 5.92 Å². The van der Waals surface area contributed by atoms with Gasteiger partial charge < -0.3 is 10.2 Å². The number of carbonyl (C=O) groups is 1. The third kappa shape index (κ3) is 2.92. The number of carbonyl (C=O) groups excluding carboxylic acids is 1. The first-order chi connectivity index (χ1) is 10.2. The van der Waals surface area contributed by atoms with Gasteiger partial charge in [-0.05, 0) is 30.4 Å². The molecule has 0 spiro atoms. The highest BCUT2D eigenvalue weighted by molar-refractivity contribution is 5.88. The first-order valence-corrected chi connectivity index (χ1v) is 8.30. The van der Waals surface area contributed by atoms with Crippen molar-refractivity contribution in [2.24, 2.45) is 5.92 Å². The number of hydrogen-bond donors (Lipinski definition) is 1. The number of nitrogens with one attached hydrogen (secondary N) is 1. The van der Waals surface area contributed by atoms with Gasteiger partial charge in [0, 0.05) is 24.8 Å². The van der Waals surface area contributed by atoms with Crippen LogP contribution in [0.3, 0.4) is 0 Å². The molecule has 1 unspecified atom stereocenters. The number of para-hydroxylation sites is 1. The molecule has 21 heavy (non-hydrogen) atoms. The van der Waals surface area contributed by atoms with Crippen LogP contribution in [0.4, 0.5) is 5.69 Å². The normalized spacial score (nSPS) is 21.4. The minimum Gasteiger partial charge on any atom is -0.384 e. The van der Waals surface area contributed by atoms with Crippen LogP contribution in [0.2, 0.25) is 0 Å². The Morgan fingerprint density at radius 1 is 1.29 bits per heavy atom. The molecule has 1 amide bonds. The highest BCUT2D eigenvalue weighted by Crippen LogP contribution is 2.34. The van der Waals surface area contributed by atoms with Crippen LogP contribution >= 0.6 is 0 Å². The van der Waals surface area contributed by atoms with Crippen molar-refractivity contribution in [3.05, 3.63) is 29.8 Å². The molecule has 1 N–H and O–H groups in total. The number of amides is 1. The lowest BCUT2D eigenvalue weighted by molar-refractivity contribution is -0.135. The van der Waals surface area contributed by atoms with Crippen molar-refractivity contribution >= 4 is 11.6 Å². The van der Waals surface area contributed by atoms with Gasteiger partial charge in [-0.2, -0.15) is 0 Å². The molecule has 114 valence electrons. The summed E-state index contributed by atoms with van der Waals surface area (Å²) in [5.41, 5.74) is 2.31. The number of anilines is 1. The molecule has 1 aromatic rings. The number of hydrogen-bond acceptors (Lipinski definition) is 2. The molecule has 1 aliphatic heterocycles. The smallest absolute Gasteiger partial charge is 0.232 e. The van der Waals surface area contributed by atoms with Crippen molar-refractivity contribution in [2.45, 2.75) is 51.5 Å². The Hall–Kier alpha value is -1.51. The van der Waals surface area contributed by atoms with E-state index in [-0.39, 0.29) is 5.92 Å². The van der Waals surface area contributed by atoms with Crippen molar-refractivity contribution in [1.82, 2.24) is 4.90 Å². The van der Waals surface area contributed by atoms with E-state index in [1.54, 1.807) is 0 Å². The Kier molecular flexibility index (Phi) is 4.18. The molecule has 1 saturated carbocycles. The van der Waals surface area contributed by atoms with E-state index in [4.69, 9.17) is 0 Å². The van der Waals surface area contributed by atoms with Crippen molar-refractivity contribution in [3.63, 3.8) is 0 Å². The van der Waals surface area contributed by atoms with Gasteiger partial charge >= 0.3 is 0 Å². The molecule has 1 aliphatic carbocycles. The molecular formula is C18H26N2O. The maximum absolute atomic E-state index is 13.1. The first-order valence-electron chi connectivity index (χ1n) is 8.30. The van der Waals surface area contributed by atoms with Crippen molar-refractivity contribution in [1.29, 1.82) is 0 Å². The third-order valence-corrected chi connectivity index (χ3v) is 4.74. The molecule has 0 aromatic heterocycles. The average molecular weight is 286 g/mol. The van der Waals surface area contributed by atoms with Crippen LogP contribution in [-0.2, 0) is 4.79 Å². The SMILES string of the molecule is CC(C)CN(C(=O)C1CNc2ccccc21)C1CCCC1. The number of fused-ring (bicyclic) bond motifs is 1. The van der Waals surface area contributed by atoms with E-state index in [2.05, 4.69) is 36.2 Å². The van der Waals surface area contributed by atoms with Crippen LogP contribution in [0.15, 0.2) is 24.3 Å². The minimum absolute atomic E-state index is 0.000509. The summed E-state index contributed by atoms with van der Waals surface area (Å²) < 4.78 is 0. The Labute approximate surface area is 127 Å². The molecule has 1 atom stereocenters. The van der Waals surface area contributed by atoms with Crippen LogP contribution < -0.4 is 5.32 Å². The summed E-state index contributed by atoms with van der Waals surface area (Å²) >= 11 is 0. The van der Waals surface area contributed by atoms with Gasteiger partial charge in [0.1, 0.15) is 0 Å². The van der Waals surface area contributed by atoms with Gasteiger partial charge in [-0.15, -0.1) is 0 Å². The number of benzene rings is 1. The van der Waals surface area contributed by atoms with Crippen LogP contribution in [-0.4, -0.2) is 29.9 Å². The highest BCUT2D eigenvalue weighted by Gasteiger charge is 2.35. The average Bonchev–Trinajstić information content (AvgIpc) is 3.13. The molecule has 0 bridgehead atoms. The first kappa shape index (κ1) is 14.4. The van der Waals surface area contributed by atoms with Gasteiger partial charge in [0.05, 0.1) is 5.92 Å². The van der Waals surface area contributed by atoms with Gasteiger partial charge in [-0.1, -0.05) is 44.9 Å². The fourth-order valence-electron chi connectivity index (χ4n) is 3.73. The Balaban J connectivity index is 1.81. The van der Waals surface area contributed by atoms with Gasteiger partial charge in [0.2, 0.25) is 5.91 Å². The summed E-state index contributed by atoms with van der Waals surface area (Å²) in [6.07, 6.45) is 4.90. The molecule has 0 saturated heterocycles. The van der Waals surface area contributed by atoms with Gasteiger partial charge in [0.25, 0.3) is 0 Å². The maximum Gasteiger partial charge on any atom is 0.232 e. The minimum atomic E-state index is 0.000509. The third-order valence-electron chi connectivity index (χ3n) is 4.74. The van der Waals surface area contributed by atoms with Crippen LogP contribution in [0.1, 0.15) is 51.0 Å². The molecule has 1 fully saturated rings. The highest BCUT2D eigenvalue weighted by atomic mass is 16.2. The summed E-state index contributed by atoms with van der Waals surface area (Å²) in [4.78, 5) is 15.3. The van der Waals surface area contributed by atoms with E-state index in [9.17, 15) is 4.79 Å². The van der Waals surface area contributed by atoms with E-state index in [1.165, 1.54) is 31.2 Å². The van der Waals surface area contributed by atoms with Crippen LogP contribution in [0.5, 0.6) is 0 Å². The Bertz CT molecular complexity index is 506. The maximum atomic E-state index is 13.1. The van der Waals surface area contributed by atoms with E-state index in [0.717, 1.165) is 18.8 Å². The predicted octanol–water partition coefficient (Wildman–Crippen LogP) is 3.62. The fraction of sp³-hybridized carbons (Fsp3) is 0.611. The van der Waals surface area contributed by atoms with Gasteiger partial charge in [-0.3, -0.25) is 4.79 Å². The van der Waals surface area contributed by atoms with E-state index in [1.807, 2.05) is 12.1 Å². The fourth-order valence-corrected chi connectivity index (χ4v) is 3.73. The van der Waals surface area contributed by atoms with Crippen LogP contribution in [0.25, 0.3) is 0 Å². The molecule has 2 aliphatic rings. The monoisotopic (exact) mass is 286 g/mol. The lowest BCUT2D eigenvalue weighted by atomic mass is 9.98. The molecule has 3 rings (SSSR count). The molecule has 0 radical (unpaired) electrons. The summed E-state index contributed by atoms with van der Waals surface area (Å²) in [5, 5.41) is 3.38. The molecular weight excluding hydrogens is 260 g/mol. The van der Waals surface area contributed by atoms with Gasteiger partial charge in [-0.25, -0.2) is 0 Å². The molecule has 1 aromatic carbocycles. The quantitative estimate of drug-likeness (QED) is 0.917. The second-order valence-electron chi connectivity index (χ2n) is 6.84. The Morgan fingerprint density at radius 2 is 2.00 bits per heavy atom.